The molecule has 0 amide bonds. The van der Waals surface area contributed by atoms with Gasteiger partial charge >= 0.3 is 0 Å². The second-order valence-corrected chi connectivity index (χ2v) is 15.0. The molecule has 51 heavy (non-hydrogen) atoms. The Labute approximate surface area is 300 Å². The predicted octanol–water partition coefficient (Wildman–Crippen LogP) is 13.3. The predicted molar refractivity (Wildman–Crippen MR) is 211 cm³/mol. The standard InChI is InChI=1S/C48H38N2O/c1-47(2)37-20-10-8-19-35(37)36-27-26-32(28-39(36)47)49(41-22-12-9-18-34(41)31-16-6-5-7-17-31)33-29-40-46-45(30-33)51-44-25-15-14-24-43(44)50(46)42-23-13-11-21-38(42)48(40,3)4/h5-30H,1-4H3. The molecule has 7 aromatic rings. The lowest BCUT2D eigenvalue weighted by Crippen LogP contribution is -2.32. The van der Waals surface area contributed by atoms with E-state index >= 15 is 0 Å². The van der Waals surface area contributed by atoms with E-state index in [0.717, 1.165) is 39.9 Å². The van der Waals surface area contributed by atoms with Gasteiger partial charge in [-0.2, -0.15) is 0 Å². The molecule has 3 aliphatic rings. The maximum atomic E-state index is 6.89. The summed E-state index contributed by atoms with van der Waals surface area (Å²) in [6.07, 6.45) is 0. The van der Waals surface area contributed by atoms with Crippen LogP contribution in [0.3, 0.4) is 0 Å². The van der Waals surface area contributed by atoms with Crippen LogP contribution in [0.15, 0.2) is 158 Å². The van der Waals surface area contributed by atoms with E-state index < -0.39 is 0 Å². The molecule has 0 fully saturated rings. The molecule has 3 heteroatoms. The van der Waals surface area contributed by atoms with Crippen molar-refractivity contribution >= 4 is 34.1 Å². The van der Waals surface area contributed by atoms with Crippen molar-refractivity contribution in [2.24, 2.45) is 0 Å². The van der Waals surface area contributed by atoms with Crippen LogP contribution in [0.5, 0.6) is 11.5 Å². The highest BCUT2D eigenvalue weighted by molar-refractivity contribution is 5.97. The van der Waals surface area contributed by atoms with E-state index in [2.05, 4.69) is 195 Å². The maximum absolute atomic E-state index is 6.89. The molecule has 0 radical (unpaired) electrons. The summed E-state index contributed by atoms with van der Waals surface area (Å²) in [5.41, 5.74) is 16.5. The molecule has 0 atom stereocenters. The molecular weight excluding hydrogens is 621 g/mol. The summed E-state index contributed by atoms with van der Waals surface area (Å²) >= 11 is 0. The summed E-state index contributed by atoms with van der Waals surface area (Å²) in [7, 11) is 0. The molecule has 0 saturated carbocycles. The van der Waals surface area contributed by atoms with Gasteiger partial charge in [0.05, 0.1) is 28.4 Å². The number of fused-ring (bicyclic) bond motifs is 7. The number of hydrogen-bond donors (Lipinski definition) is 0. The van der Waals surface area contributed by atoms with Crippen LogP contribution in [-0.2, 0) is 10.8 Å². The van der Waals surface area contributed by atoms with E-state index in [1.807, 2.05) is 0 Å². The number of anilines is 6. The molecule has 2 aliphatic heterocycles. The molecule has 0 unspecified atom stereocenters. The number of ether oxygens (including phenoxy) is 1. The van der Waals surface area contributed by atoms with Crippen molar-refractivity contribution in [3.63, 3.8) is 0 Å². The zero-order chi connectivity index (χ0) is 34.5. The van der Waals surface area contributed by atoms with Crippen LogP contribution in [0, 0.1) is 0 Å². The van der Waals surface area contributed by atoms with Gasteiger partial charge in [0.2, 0.25) is 0 Å². The minimum atomic E-state index is -0.283. The average molecular weight is 659 g/mol. The Morgan fingerprint density at radius 2 is 1.06 bits per heavy atom. The lowest BCUT2D eigenvalue weighted by molar-refractivity contribution is 0.471. The molecule has 246 valence electrons. The van der Waals surface area contributed by atoms with E-state index in [9.17, 15) is 0 Å². The Morgan fingerprint density at radius 1 is 0.451 bits per heavy atom. The smallest absolute Gasteiger partial charge is 0.153 e. The molecule has 0 aromatic heterocycles. The lowest BCUT2D eigenvalue weighted by Gasteiger charge is -2.45. The van der Waals surface area contributed by atoms with E-state index in [-0.39, 0.29) is 10.8 Å². The van der Waals surface area contributed by atoms with Crippen LogP contribution >= 0.6 is 0 Å². The summed E-state index contributed by atoms with van der Waals surface area (Å²) in [6.45, 7) is 9.40. The van der Waals surface area contributed by atoms with Gasteiger partial charge in [-0.05, 0) is 81.4 Å². The van der Waals surface area contributed by atoms with Gasteiger partial charge in [0, 0.05) is 28.1 Å². The zero-order valence-electron chi connectivity index (χ0n) is 29.3. The third-order valence-corrected chi connectivity index (χ3v) is 11.4. The van der Waals surface area contributed by atoms with Gasteiger partial charge in [-0.1, -0.05) is 137 Å². The second-order valence-electron chi connectivity index (χ2n) is 15.0. The Bertz CT molecular complexity index is 2530. The maximum Gasteiger partial charge on any atom is 0.153 e. The fraction of sp³-hybridized carbons (Fsp3) is 0.125. The monoisotopic (exact) mass is 658 g/mol. The zero-order valence-corrected chi connectivity index (χ0v) is 29.3. The first kappa shape index (κ1) is 29.8. The molecule has 0 spiro atoms. The largest absolute Gasteiger partial charge is 0.453 e. The summed E-state index contributed by atoms with van der Waals surface area (Å²) in [5.74, 6) is 1.72. The van der Waals surface area contributed by atoms with Crippen LogP contribution in [0.1, 0.15) is 49.9 Å². The van der Waals surface area contributed by atoms with Gasteiger partial charge < -0.3 is 14.5 Å². The van der Waals surface area contributed by atoms with Crippen molar-refractivity contribution < 1.29 is 4.74 Å². The van der Waals surface area contributed by atoms with Crippen LogP contribution in [0.4, 0.5) is 34.1 Å². The Hall–Kier alpha value is -6.06. The number of para-hydroxylation sites is 4. The van der Waals surface area contributed by atoms with Crippen molar-refractivity contribution in [3.05, 3.63) is 180 Å². The summed E-state index contributed by atoms with van der Waals surface area (Å²) in [6, 6.07) is 57.3. The summed E-state index contributed by atoms with van der Waals surface area (Å²) in [4.78, 5) is 4.86. The minimum absolute atomic E-state index is 0.132. The van der Waals surface area contributed by atoms with Gasteiger partial charge in [0.1, 0.15) is 0 Å². The third kappa shape index (κ3) is 4.24. The molecule has 0 N–H and O–H groups in total. The number of hydrogen-bond acceptors (Lipinski definition) is 3. The summed E-state index contributed by atoms with van der Waals surface area (Å²) < 4.78 is 6.89. The van der Waals surface area contributed by atoms with Gasteiger partial charge in [-0.15, -0.1) is 0 Å². The molecule has 1 aliphatic carbocycles. The SMILES string of the molecule is CC1(C)c2ccccc2-c2ccc(N(c3cc4c5c(c3)C(C)(C)c3ccccc3N5c3ccccc3O4)c3ccccc3-c3ccccc3)cc21. The highest BCUT2D eigenvalue weighted by Crippen LogP contribution is 2.61. The molecular formula is C48H38N2O. The van der Waals surface area contributed by atoms with E-state index in [1.54, 1.807) is 0 Å². The molecule has 3 nitrogen and oxygen atoms in total. The topological polar surface area (TPSA) is 15.7 Å². The fourth-order valence-corrected chi connectivity index (χ4v) is 8.86. The average Bonchev–Trinajstić information content (AvgIpc) is 3.39. The van der Waals surface area contributed by atoms with Crippen LogP contribution < -0.4 is 14.5 Å². The fourth-order valence-electron chi connectivity index (χ4n) is 8.86. The molecule has 2 heterocycles. The Balaban J connectivity index is 1.25. The first-order valence-electron chi connectivity index (χ1n) is 17.9. The summed E-state index contributed by atoms with van der Waals surface area (Å²) in [5, 5.41) is 0. The van der Waals surface area contributed by atoms with Crippen LogP contribution in [-0.4, -0.2) is 0 Å². The minimum Gasteiger partial charge on any atom is -0.453 e. The van der Waals surface area contributed by atoms with Gasteiger partial charge in [-0.25, -0.2) is 0 Å². The van der Waals surface area contributed by atoms with Gasteiger partial charge in [0.25, 0.3) is 0 Å². The van der Waals surface area contributed by atoms with Gasteiger partial charge in [-0.3, -0.25) is 0 Å². The highest BCUT2D eigenvalue weighted by Gasteiger charge is 2.42. The Kier molecular flexibility index (Phi) is 6.27. The van der Waals surface area contributed by atoms with Crippen molar-refractivity contribution in [1.82, 2.24) is 0 Å². The van der Waals surface area contributed by atoms with E-state index in [4.69, 9.17) is 4.74 Å². The van der Waals surface area contributed by atoms with Crippen LogP contribution in [0.2, 0.25) is 0 Å². The van der Waals surface area contributed by atoms with Gasteiger partial charge in [0.15, 0.2) is 11.5 Å². The molecule has 0 saturated heterocycles. The third-order valence-electron chi connectivity index (χ3n) is 11.4. The van der Waals surface area contributed by atoms with E-state index in [0.29, 0.717) is 0 Å². The first-order valence-corrected chi connectivity index (χ1v) is 17.9. The van der Waals surface area contributed by atoms with Crippen molar-refractivity contribution in [1.29, 1.82) is 0 Å². The van der Waals surface area contributed by atoms with Crippen LogP contribution in [0.25, 0.3) is 22.3 Å². The number of rotatable bonds is 4. The quantitative estimate of drug-likeness (QED) is 0.187. The normalized spacial score (nSPS) is 15.1. The molecule has 7 aromatic carbocycles. The lowest BCUT2D eigenvalue weighted by atomic mass is 9.73. The Morgan fingerprint density at radius 3 is 1.88 bits per heavy atom. The molecule has 0 bridgehead atoms. The first-order chi connectivity index (χ1) is 24.8. The van der Waals surface area contributed by atoms with E-state index in [1.165, 1.54) is 50.2 Å². The molecule has 10 rings (SSSR count). The van der Waals surface area contributed by atoms with Crippen molar-refractivity contribution in [2.45, 2.75) is 38.5 Å². The second kappa shape index (κ2) is 10.7. The number of nitrogens with zero attached hydrogens (tertiary/aromatic N) is 2. The van der Waals surface area contributed by atoms with Crippen molar-refractivity contribution in [3.8, 4) is 33.8 Å². The number of benzene rings is 7. The van der Waals surface area contributed by atoms with Crippen molar-refractivity contribution in [2.75, 3.05) is 9.80 Å². The highest BCUT2D eigenvalue weighted by atomic mass is 16.5.